The predicted octanol–water partition coefficient (Wildman–Crippen LogP) is -3.28. The van der Waals surface area contributed by atoms with Gasteiger partial charge in [-0.25, -0.2) is 0 Å². The van der Waals surface area contributed by atoms with E-state index in [4.69, 9.17) is 11.5 Å². The Bertz CT molecular complexity index is 167. The van der Waals surface area contributed by atoms with Crippen LogP contribution in [0.1, 0.15) is 12.8 Å². The summed E-state index contributed by atoms with van der Waals surface area (Å²) >= 11 is 0. The van der Waals surface area contributed by atoms with Crippen LogP contribution in [-0.2, 0) is 0 Å². The molecule has 17 heavy (non-hydrogen) atoms. The Balaban J connectivity index is 3.55. The molecule has 0 amide bonds. The first-order valence-corrected chi connectivity index (χ1v) is 5.82. The highest BCUT2D eigenvalue weighted by Gasteiger charge is 2.13. The van der Waals surface area contributed by atoms with Gasteiger partial charge in [0.2, 0.25) is 0 Å². The summed E-state index contributed by atoms with van der Waals surface area (Å²) in [5, 5.41) is 40.1. The second-order valence-corrected chi connectivity index (χ2v) is 4.22. The number of hydrogen-bond donors (Lipinski definition) is 7. The minimum absolute atomic E-state index is 0.113. The molecule has 0 aromatic rings. The first kappa shape index (κ1) is 16.7. The summed E-state index contributed by atoms with van der Waals surface area (Å²) in [5.74, 6) is 0. The van der Waals surface area contributed by atoms with Crippen molar-refractivity contribution in [2.24, 2.45) is 11.5 Å². The van der Waals surface area contributed by atoms with E-state index in [2.05, 4.69) is 5.32 Å². The molecule has 9 N–H and O–H groups in total. The van der Waals surface area contributed by atoms with Gasteiger partial charge < -0.3 is 37.2 Å². The average molecular weight is 251 g/mol. The van der Waals surface area contributed by atoms with E-state index < -0.39 is 24.4 Å². The maximum absolute atomic E-state index is 9.46. The number of rotatable bonds is 10. The van der Waals surface area contributed by atoms with Gasteiger partial charge in [-0.05, 0) is 0 Å². The highest BCUT2D eigenvalue weighted by Crippen LogP contribution is 1.98. The van der Waals surface area contributed by atoms with Crippen LogP contribution in [0.15, 0.2) is 0 Å². The Hall–Kier alpha value is -0.280. The summed E-state index contributed by atoms with van der Waals surface area (Å²) in [5.41, 5.74) is 10.4. The summed E-state index contributed by atoms with van der Waals surface area (Å²) in [4.78, 5) is 0. The molecule has 0 saturated carbocycles. The largest absolute Gasteiger partial charge is 0.392 e. The fourth-order valence-electron chi connectivity index (χ4n) is 1.40. The van der Waals surface area contributed by atoms with E-state index >= 15 is 0 Å². The summed E-state index contributed by atoms with van der Waals surface area (Å²) in [7, 11) is 0. The van der Waals surface area contributed by atoms with Crippen LogP contribution in [0.25, 0.3) is 0 Å². The third-order valence-electron chi connectivity index (χ3n) is 2.39. The first-order chi connectivity index (χ1) is 7.99. The van der Waals surface area contributed by atoms with E-state index in [1.165, 1.54) is 0 Å². The van der Waals surface area contributed by atoms with Crippen LogP contribution in [0.5, 0.6) is 0 Å². The minimum atomic E-state index is -0.712. The van der Waals surface area contributed by atoms with Crippen LogP contribution >= 0.6 is 0 Å². The maximum Gasteiger partial charge on any atom is 0.0689 e. The Morgan fingerprint density at radius 3 is 1.35 bits per heavy atom. The van der Waals surface area contributed by atoms with E-state index in [1.807, 2.05) is 0 Å². The normalized spacial score (nSPS) is 18.7. The fraction of sp³-hybridized carbons (Fsp3) is 1.00. The lowest BCUT2D eigenvalue weighted by Crippen LogP contribution is -2.37. The summed E-state index contributed by atoms with van der Waals surface area (Å²) in [6, 6.07) is 0. The van der Waals surface area contributed by atoms with Crippen LogP contribution in [0.4, 0.5) is 0 Å². The molecule has 0 heterocycles. The van der Waals surface area contributed by atoms with Gasteiger partial charge in [0.25, 0.3) is 0 Å². The van der Waals surface area contributed by atoms with Crippen LogP contribution in [0.2, 0.25) is 0 Å². The predicted molar refractivity (Wildman–Crippen MR) is 64.2 cm³/mol. The van der Waals surface area contributed by atoms with Gasteiger partial charge in [-0.15, -0.1) is 0 Å². The van der Waals surface area contributed by atoms with Crippen LogP contribution in [0, 0.1) is 0 Å². The molecule has 0 aromatic heterocycles. The zero-order valence-electron chi connectivity index (χ0n) is 10.00. The van der Waals surface area contributed by atoms with Crippen molar-refractivity contribution in [3.05, 3.63) is 0 Å². The van der Waals surface area contributed by atoms with Crippen molar-refractivity contribution in [3.63, 3.8) is 0 Å². The summed E-state index contributed by atoms with van der Waals surface area (Å²) < 4.78 is 0. The molecule has 0 rings (SSSR count). The molecular formula is C10H25N3O4. The highest BCUT2D eigenvalue weighted by molar-refractivity contribution is 4.70. The van der Waals surface area contributed by atoms with Crippen LogP contribution < -0.4 is 16.8 Å². The summed E-state index contributed by atoms with van der Waals surface area (Å²) in [6.07, 6.45) is -2.44. The van der Waals surface area contributed by atoms with Gasteiger partial charge in [0, 0.05) is 39.0 Å². The third kappa shape index (κ3) is 9.42. The van der Waals surface area contributed by atoms with Crippen molar-refractivity contribution in [3.8, 4) is 0 Å². The lowest BCUT2D eigenvalue weighted by Gasteiger charge is -2.18. The lowest BCUT2D eigenvalue weighted by atomic mass is 10.1. The molecule has 0 aliphatic rings. The number of hydrogen-bond acceptors (Lipinski definition) is 7. The molecule has 7 heteroatoms. The second kappa shape index (κ2) is 9.72. The van der Waals surface area contributed by atoms with Gasteiger partial charge in [0.05, 0.1) is 24.4 Å². The van der Waals surface area contributed by atoms with Gasteiger partial charge in [-0.2, -0.15) is 0 Å². The van der Waals surface area contributed by atoms with Crippen LogP contribution in [0.3, 0.4) is 0 Å². The fourth-order valence-corrected chi connectivity index (χ4v) is 1.40. The van der Waals surface area contributed by atoms with Crippen molar-refractivity contribution < 1.29 is 20.4 Å². The molecule has 7 nitrogen and oxygen atoms in total. The summed E-state index contributed by atoms with van der Waals surface area (Å²) in [6.45, 7) is 0.741. The monoisotopic (exact) mass is 251 g/mol. The first-order valence-electron chi connectivity index (χ1n) is 5.82. The zero-order valence-corrected chi connectivity index (χ0v) is 10.00. The minimum Gasteiger partial charge on any atom is -0.392 e. The number of nitrogens with one attached hydrogen (secondary N) is 1. The highest BCUT2D eigenvalue weighted by atomic mass is 16.3. The molecule has 0 aromatic carbocycles. The lowest BCUT2D eigenvalue weighted by molar-refractivity contribution is 0.0701. The third-order valence-corrected chi connectivity index (χ3v) is 2.39. The van der Waals surface area contributed by atoms with E-state index in [0.717, 1.165) is 0 Å². The average Bonchev–Trinajstić information content (AvgIpc) is 2.28. The second-order valence-electron chi connectivity index (χ2n) is 4.22. The Morgan fingerprint density at radius 2 is 1.06 bits per heavy atom. The molecule has 0 spiro atoms. The van der Waals surface area contributed by atoms with E-state index in [9.17, 15) is 20.4 Å². The van der Waals surface area contributed by atoms with E-state index in [1.54, 1.807) is 0 Å². The topological polar surface area (TPSA) is 145 Å². The van der Waals surface area contributed by atoms with Gasteiger partial charge in [0.15, 0.2) is 0 Å². The zero-order chi connectivity index (χ0) is 13.3. The molecule has 0 fully saturated rings. The Labute approximate surface area is 101 Å². The number of aliphatic hydroxyl groups excluding tert-OH is 4. The number of nitrogens with two attached hydrogens (primary N) is 2. The standard InChI is InChI=1S/C10H25N3O4/c11-3-7(14)1-9(16)5-13-6-10(17)2-8(15)4-12/h7-10,13-17H,1-6,11-12H2/t7-,8?,9+,10?/m1/s1. The van der Waals surface area contributed by atoms with Gasteiger partial charge in [-0.3, -0.25) is 0 Å². The quantitative estimate of drug-likeness (QED) is 0.215. The molecule has 0 saturated heterocycles. The number of aliphatic hydroxyl groups is 4. The van der Waals surface area contributed by atoms with Crippen molar-refractivity contribution >= 4 is 0 Å². The van der Waals surface area contributed by atoms with Gasteiger partial charge in [0.1, 0.15) is 0 Å². The van der Waals surface area contributed by atoms with Crippen molar-refractivity contribution in [2.45, 2.75) is 37.3 Å². The molecule has 104 valence electrons. The van der Waals surface area contributed by atoms with Gasteiger partial charge in [-0.1, -0.05) is 0 Å². The van der Waals surface area contributed by atoms with E-state index in [-0.39, 0.29) is 39.0 Å². The molecule has 0 radical (unpaired) electrons. The van der Waals surface area contributed by atoms with Crippen molar-refractivity contribution in [1.29, 1.82) is 0 Å². The molecule has 4 atom stereocenters. The molecular weight excluding hydrogens is 226 g/mol. The van der Waals surface area contributed by atoms with E-state index in [0.29, 0.717) is 0 Å². The SMILES string of the molecule is NCC(O)CC(O)CNC[C@@H](O)C[C@@H](O)CN. The molecule has 0 aliphatic carbocycles. The van der Waals surface area contributed by atoms with Gasteiger partial charge >= 0.3 is 0 Å². The Kier molecular flexibility index (Phi) is 9.56. The molecule has 2 unspecified atom stereocenters. The smallest absolute Gasteiger partial charge is 0.0689 e. The molecule has 0 aliphatic heterocycles. The maximum atomic E-state index is 9.46. The molecule has 0 bridgehead atoms. The van der Waals surface area contributed by atoms with Crippen molar-refractivity contribution in [1.82, 2.24) is 5.32 Å². The van der Waals surface area contributed by atoms with Crippen molar-refractivity contribution in [2.75, 3.05) is 26.2 Å². The Morgan fingerprint density at radius 1 is 0.706 bits per heavy atom. The van der Waals surface area contributed by atoms with Crippen LogP contribution in [-0.4, -0.2) is 71.0 Å².